The smallest absolute Gasteiger partial charge is 0.273 e. The zero-order valence-electron chi connectivity index (χ0n) is 13.5. The topological polar surface area (TPSA) is 92.5 Å². The monoisotopic (exact) mass is 320 g/mol. The van der Waals surface area contributed by atoms with E-state index >= 15 is 0 Å². The summed E-state index contributed by atoms with van der Waals surface area (Å²) in [5, 5.41) is 23.3. The second-order valence-corrected chi connectivity index (χ2v) is 6.20. The zero-order chi connectivity index (χ0) is 16.8. The van der Waals surface area contributed by atoms with Crippen LogP contribution in [-0.4, -0.2) is 28.6 Å². The largest absolute Gasteiger partial charge is 0.396 e. The van der Waals surface area contributed by atoms with Gasteiger partial charge >= 0.3 is 0 Å². The highest BCUT2D eigenvalue weighted by molar-refractivity contribution is 5.96. The van der Waals surface area contributed by atoms with Crippen molar-refractivity contribution in [2.24, 2.45) is 5.92 Å². The van der Waals surface area contributed by atoms with Crippen molar-refractivity contribution in [3.05, 3.63) is 39.4 Å². The highest BCUT2D eigenvalue weighted by Crippen LogP contribution is 2.28. The van der Waals surface area contributed by atoms with Crippen LogP contribution >= 0.6 is 0 Å². The Labute approximate surface area is 136 Å². The molecule has 0 bridgehead atoms. The van der Waals surface area contributed by atoms with Crippen LogP contribution in [0, 0.1) is 23.0 Å². The molecular formula is C17H24N2O4. The van der Waals surface area contributed by atoms with E-state index < -0.39 is 4.92 Å². The van der Waals surface area contributed by atoms with Crippen molar-refractivity contribution >= 4 is 11.6 Å². The number of amides is 1. The van der Waals surface area contributed by atoms with Gasteiger partial charge in [0.1, 0.15) is 0 Å². The molecule has 0 heterocycles. The van der Waals surface area contributed by atoms with Gasteiger partial charge in [-0.3, -0.25) is 14.9 Å². The molecule has 6 heteroatoms. The number of carbonyl (C=O) groups is 1. The van der Waals surface area contributed by atoms with Crippen molar-refractivity contribution < 1.29 is 14.8 Å². The van der Waals surface area contributed by atoms with Crippen molar-refractivity contribution in [3.8, 4) is 0 Å². The standard InChI is InChI=1S/C17H24N2O4/c1-12-14(8-5-9-16(12)19(22)23)17(21)18-15(10-11-20)13-6-3-2-4-7-13/h5,8-9,13,15,20H,2-4,6-7,10-11H2,1H3,(H,18,21). The van der Waals surface area contributed by atoms with Gasteiger partial charge in [0, 0.05) is 29.8 Å². The molecule has 1 aliphatic carbocycles. The molecule has 126 valence electrons. The summed E-state index contributed by atoms with van der Waals surface area (Å²) in [5.41, 5.74) is 0.661. The third-order valence-corrected chi connectivity index (χ3v) is 4.72. The minimum atomic E-state index is -0.474. The molecule has 1 aromatic rings. The highest BCUT2D eigenvalue weighted by atomic mass is 16.6. The predicted molar refractivity (Wildman–Crippen MR) is 87.4 cm³/mol. The molecule has 0 radical (unpaired) electrons. The van der Waals surface area contributed by atoms with Crippen LogP contribution in [0.25, 0.3) is 0 Å². The third-order valence-electron chi connectivity index (χ3n) is 4.72. The Balaban J connectivity index is 2.15. The summed E-state index contributed by atoms with van der Waals surface area (Å²) in [4.78, 5) is 23.1. The number of nitrogens with zero attached hydrogens (tertiary/aromatic N) is 1. The molecule has 6 nitrogen and oxygen atoms in total. The summed E-state index contributed by atoms with van der Waals surface area (Å²) in [6.07, 6.45) is 6.15. The number of aliphatic hydroxyl groups excluding tert-OH is 1. The zero-order valence-corrected chi connectivity index (χ0v) is 13.5. The van der Waals surface area contributed by atoms with Crippen LogP contribution in [0.3, 0.4) is 0 Å². The number of nitrogens with one attached hydrogen (secondary N) is 1. The number of nitro groups is 1. The number of carbonyl (C=O) groups excluding carboxylic acids is 1. The van der Waals surface area contributed by atoms with Crippen LogP contribution in [0.1, 0.15) is 54.4 Å². The third kappa shape index (κ3) is 4.28. The first kappa shape index (κ1) is 17.4. The van der Waals surface area contributed by atoms with Gasteiger partial charge in [0.2, 0.25) is 0 Å². The van der Waals surface area contributed by atoms with Crippen LogP contribution < -0.4 is 5.32 Å². The Bertz CT molecular complexity index is 568. The van der Waals surface area contributed by atoms with Gasteiger partial charge in [0.05, 0.1) is 4.92 Å². The number of aliphatic hydroxyl groups is 1. The lowest BCUT2D eigenvalue weighted by molar-refractivity contribution is -0.385. The van der Waals surface area contributed by atoms with E-state index in [0.29, 0.717) is 23.5 Å². The normalized spacial score (nSPS) is 16.8. The maximum Gasteiger partial charge on any atom is 0.273 e. The first-order valence-corrected chi connectivity index (χ1v) is 8.20. The second-order valence-electron chi connectivity index (χ2n) is 6.20. The van der Waals surface area contributed by atoms with Gasteiger partial charge in [-0.1, -0.05) is 25.3 Å². The fourth-order valence-corrected chi connectivity index (χ4v) is 3.41. The van der Waals surface area contributed by atoms with Gasteiger partial charge in [-0.15, -0.1) is 0 Å². The number of rotatable bonds is 6. The van der Waals surface area contributed by atoms with Gasteiger partial charge in [0.15, 0.2) is 0 Å². The van der Waals surface area contributed by atoms with E-state index in [-0.39, 0.29) is 24.2 Å². The van der Waals surface area contributed by atoms with Gasteiger partial charge in [-0.25, -0.2) is 0 Å². The van der Waals surface area contributed by atoms with Crippen LogP contribution in [0.5, 0.6) is 0 Å². The molecule has 1 aromatic carbocycles. The first-order valence-electron chi connectivity index (χ1n) is 8.20. The summed E-state index contributed by atoms with van der Waals surface area (Å²) in [6.45, 7) is 1.62. The predicted octanol–water partition coefficient (Wildman–Crippen LogP) is 2.96. The van der Waals surface area contributed by atoms with Crippen molar-refractivity contribution in [1.82, 2.24) is 5.32 Å². The lowest BCUT2D eigenvalue weighted by atomic mass is 9.82. The molecule has 0 aromatic heterocycles. The summed E-state index contributed by atoms with van der Waals surface area (Å²) >= 11 is 0. The molecule has 1 atom stereocenters. The van der Waals surface area contributed by atoms with E-state index in [2.05, 4.69) is 5.32 Å². The fraction of sp³-hybridized carbons (Fsp3) is 0.588. The van der Waals surface area contributed by atoms with Crippen LogP contribution in [0.2, 0.25) is 0 Å². The lowest BCUT2D eigenvalue weighted by Crippen LogP contribution is -2.42. The van der Waals surface area contributed by atoms with E-state index in [1.165, 1.54) is 18.6 Å². The Hall–Kier alpha value is -1.95. The van der Waals surface area contributed by atoms with Crippen molar-refractivity contribution in [2.45, 2.75) is 51.5 Å². The number of nitro benzene ring substituents is 1. The second kappa shape index (κ2) is 8.06. The maximum atomic E-state index is 12.6. The van der Waals surface area contributed by atoms with Crippen LogP contribution in [0.4, 0.5) is 5.69 Å². The molecule has 0 aliphatic heterocycles. The Morgan fingerprint density at radius 2 is 2.09 bits per heavy atom. The Kier molecular flexibility index (Phi) is 6.10. The minimum Gasteiger partial charge on any atom is -0.396 e. The minimum absolute atomic E-state index is 0.0232. The van der Waals surface area contributed by atoms with E-state index in [4.69, 9.17) is 0 Å². The molecule has 0 saturated heterocycles. The Morgan fingerprint density at radius 1 is 1.39 bits per heavy atom. The molecular weight excluding hydrogens is 296 g/mol. The first-order chi connectivity index (χ1) is 11.0. The molecule has 1 aliphatic rings. The van der Waals surface area contributed by atoms with Gasteiger partial charge in [-0.2, -0.15) is 0 Å². The lowest BCUT2D eigenvalue weighted by Gasteiger charge is -2.30. The molecule has 1 saturated carbocycles. The van der Waals surface area contributed by atoms with Crippen molar-refractivity contribution in [2.75, 3.05) is 6.61 Å². The van der Waals surface area contributed by atoms with Crippen LogP contribution in [0.15, 0.2) is 18.2 Å². The summed E-state index contributed by atoms with van der Waals surface area (Å²) < 4.78 is 0. The molecule has 1 unspecified atom stereocenters. The molecule has 2 N–H and O–H groups in total. The highest BCUT2D eigenvalue weighted by Gasteiger charge is 2.26. The molecule has 1 fully saturated rings. The molecule has 1 amide bonds. The summed E-state index contributed by atoms with van der Waals surface area (Å²) in [7, 11) is 0. The summed E-state index contributed by atoms with van der Waals surface area (Å²) in [6, 6.07) is 4.46. The summed E-state index contributed by atoms with van der Waals surface area (Å²) in [5.74, 6) is 0.0778. The van der Waals surface area contributed by atoms with Crippen molar-refractivity contribution in [3.63, 3.8) is 0 Å². The average molecular weight is 320 g/mol. The SMILES string of the molecule is Cc1c(C(=O)NC(CCO)C2CCCCC2)cccc1[N+](=O)[O-]. The number of benzene rings is 1. The number of hydrogen-bond acceptors (Lipinski definition) is 4. The van der Waals surface area contributed by atoms with E-state index in [9.17, 15) is 20.0 Å². The Morgan fingerprint density at radius 3 is 2.70 bits per heavy atom. The fourth-order valence-electron chi connectivity index (χ4n) is 3.41. The van der Waals surface area contributed by atoms with E-state index in [1.54, 1.807) is 13.0 Å². The average Bonchev–Trinajstić information content (AvgIpc) is 2.55. The number of hydrogen-bond donors (Lipinski definition) is 2. The molecule has 23 heavy (non-hydrogen) atoms. The van der Waals surface area contributed by atoms with Gasteiger partial charge < -0.3 is 10.4 Å². The van der Waals surface area contributed by atoms with Crippen molar-refractivity contribution in [1.29, 1.82) is 0 Å². The van der Waals surface area contributed by atoms with E-state index in [0.717, 1.165) is 25.7 Å². The quantitative estimate of drug-likeness (QED) is 0.622. The molecule has 2 rings (SSSR count). The van der Waals surface area contributed by atoms with Gasteiger partial charge in [-0.05, 0) is 38.2 Å². The van der Waals surface area contributed by atoms with Crippen LogP contribution in [-0.2, 0) is 0 Å². The molecule has 0 spiro atoms. The van der Waals surface area contributed by atoms with Gasteiger partial charge in [0.25, 0.3) is 11.6 Å². The maximum absolute atomic E-state index is 12.6. The van der Waals surface area contributed by atoms with E-state index in [1.807, 2.05) is 0 Å².